The van der Waals surface area contributed by atoms with Crippen molar-refractivity contribution < 1.29 is 13.2 Å². The molecule has 8 heteroatoms. The fourth-order valence-corrected chi connectivity index (χ4v) is 6.79. The van der Waals surface area contributed by atoms with Gasteiger partial charge >= 0.3 is 6.18 Å². The first-order chi connectivity index (χ1) is 25.1. The molecule has 0 saturated carbocycles. The smallest absolute Gasteiger partial charge is 0.247 e. The number of nitriles is 1. The Hall–Kier alpha value is -6.90. The largest absolute Gasteiger partial charge is 0.416 e. The predicted octanol–water partition coefficient (Wildman–Crippen LogP) is 12.1. The third kappa shape index (κ3) is 5.67. The van der Waals surface area contributed by atoms with E-state index in [1.54, 1.807) is 37.3 Å². The topological polar surface area (TPSA) is 66.8 Å². The SMILES string of the molecule is [C-]#[N+]c1ccc(-c2nc3cc(C)c4c(-c5ccc(-c6cc(C)cc(C(F)(F)F)c6)cc5)nc5ccccc5c4c3nc2-c2ccc(C#N)cc2)cc1. The molecule has 8 aromatic rings. The number of hydrogen-bond donors (Lipinski definition) is 0. The van der Waals surface area contributed by atoms with Crippen molar-refractivity contribution in [2.24, 2.45) is 0 Å². The molecule has 0 bridgehead atoms. The van der Waals surface area contributed by atoms with Crippen LogP contribution in [0.15, 0.2) is 121 Å². The lowest BCUT2D eigenvalue weighted by atomic mass is 9.93. The van der Waals surface area contributed by atoms with E-state index in [4.69, 9.17) is 21.5 Å². The second-order valence-electron chi connectivity index (χ2n) is 12.7. The number of pyridine rings is 1. The van der Waals surface area contributed by atoms with Crippen molar-refractivity contribution in [3.05, 3.63) is 155 Å². The molecule has 0 radical (unpaired) electrons. The molecule has 0 saturated heterocycles. The molecule has 0 aliphatic rings. The van der Waals surface area contributed by atoms with Crippen LogP contribution in [0.25, 0.3) is 82.5 Å². The van der Waals surface area contributed by atoms with E-state index in [9.17, 15) is 18.4 Å². The first kappa shape index (κ1) is 32.3. The second kappa shape index (κ2) is 12.5. The zero-order valence-corrected chi connectivity index (χ0v) is 27.9. The number of aromatic nitrogens is 3. The maximum absolute atomic E-state index is 13.6. The van der Waals surface area contributed by atoms with Crippen LogP contribution in [0.5, 0.6) is 0 Å². The van der Waals surface area contributed by atoms with E-state index in [1.165, 1.54) is 6.07 Å². The molecular weight excluding hydrogens is 656 g/mol. The molecule has 0 spiro atoms. The summed E-state index contributed by atoms with van der Waals surface area (Å²) in [6.45, 7) is 11.1. The Balaban J connectivity index is 1.38. The number of alkyl halides is 3. The molecule has 0 aliphatic heterocycles. The summed E-state index contributed by atoms with van der Waals surface area (Å²) in [5.41, 5.74) is 9.49. The highest BCUT2D eigenvalue weighted by atomic mass is 19.4. The molecule has 0 unspecified atom stereocenters. The lowest BCUT2D eigenvalue weighted by Crippen LogP contribution is -2.05. The molecule has 2 heterocycles. The zero-order valence-electron chi connectivity index (χ0n) is 27.9. The number of benzene rings is 6. The van der Waals surface area contributed by atoms with Crippen molar-refractivity contribution in [3.63, 3.8) is 0 Å². The van der Waals surface area contributed by atoms with Crippen LogP contribution < -0.4 is 0 Å². The molecular formula is C44H26F3N5. The molecule has 0 amide bonds. The molecule has 248 valence electrons. The summed E-state index contributed by atoms with van der Waals surface area (Å²) in [6.07, 6.45) is -4.44. The van der Waals surface area contributed by atoms with Crippen LogP contribution in [0, 0.1) is 31.8 Å². The molecule has 0 fully saturated rings. The average molecular weight is 682 g/mol. The third-order valence-electron chi connectivity index (χ3n) is 9.25. The monoisotopic (exact) mass is 681 g/mol. The van der Waals surface area contributed by atoms with E-state index < -0.39 is 11.7 Å². The molecule has 2 aromatic heterocycles. The highest BCUT2D eigenvalue weighted by Gasteiger charge is 2.31. The van der Waals surface area contributed by atoms with Crippen LogP contribution in [0.2, 0.25) is 0 Å². The number of aryl methyl sites for hydroxylation is 2. The third-order valence-corrected chi connectivity index (χ3v) is 9.25. The summed E-state index contributed by atoms with van der Waals surface area (Å²) in [4.78, 5) is 19.2. The number of hydrogen-bond acceptors (Lipinski definition) is 4. The van der Waals surface area contributed by atoms with Gasteiger partial charge < -0.3 is 0 Å². The van der Waals surface area contributed by atoms with Crippen LogP contribution in [-0.4, -0.2) is 15.0 Å². The maximum atomic E-state index is 13.6. The van der Waals surface area contributed by atoms with E-state index in [2.05, 4.69) is 10.9 Å². The van der Waals surface area contributed by atoms with Crippen molar-refractivity contribution in [3.8, 4) is 51.0 Å². The highest BCUT2D eigenvalue weighted by molar-refractivity contribution is 6.22. The van der Waals surface area contributed by atoms with E-state index in [0.29, 0.717) is 50.4 Å². The number of fused-ring (bicyclic) bond motifs is 5. The number of para-hydroxylation sites is 1. The zero-order chi connectivity index (χ0) is 36.1. The van der Waals surface area contributed by atoms with Gasteiger partial charge in [0, 0.05) is 27.3 Å². The lowest BCUT2D eigenvalue weighted by molar-refractivity contribution is -0.137. The van der Waals surface area contributed by atoms with Crippen molar-refractivity contribution in [1.82, 2.24) is 15.0 Å². The summed E-state index contributed by atoms with van der Waals surface area (Å²) >= 11 is 0. The molecule has 6 aromatic carbocycles. The van der Waals surface area contributed by atoms with Gasteiger partial charge in [0.05, 0.1) is 57.4 Å². The summed E-state index contributed by atoms with van der Waals surface area (Å²) < 4.78 is 40.9. The molecule has 8 rings (SSSR count). The first-order valence-electron chi connectivity index (χ1n) is 16.4. The molecule has 0 aliphatic carbocycles. The van der Waals surface area contributed by atoms with Gasteiger partial charge in [-0.1, -0.05) is 84.9 Å². The van der Waals surface area contributed by atoms with Crippen LogP contribution >= 0.6 is 0 Å². The van der Waals surface area contributed by atoms with Gasteiger partial charge in [0.25, 0.3) is 0 Å². The minimum Gasteiger partial charge on any atom is -0.247 e. The van der Waals surface area contributed by atoms with Gasteiger partial charge in [-0.15, -0.1) is 0 Å². The Morgan fingerprint density at radius 3 is 1.88 bits per heavy atom. The fraction of sp³-hybridized carbons (Fsp3) is 0.0682. The van der Waals surface area contributed by atoms with Crippen molar-refractivity contribution >= 4 is 38.4 Å². The quantitative estimate of drug-likeness (QED) is 0.137. The van der Waals surface area contributed by atoms with Gasteiger partial charge in [-0.05, 0) is 78.1 Å². The summed E-state index contributed by atoms with van der Waals surface area (Å²) in [5, 5.41) is 12.1. The predicted molar refractivity (Wildman–Crippen MR) is 200 cm³/mol. The Bertz CT molecular complexity index is 2790. The van der Waals surface area contributed by atoms with Crippen LogP contribution in [0.1, 0.15) is 22.3 Å². The van der Waals surface area contributed by atoms with Gasteiger partial charge in [0.2, 0.25) is 0 Å². The first-order valence-corrected chi connectivity index (χ1v) is 16.4. The van der Waals surface area contributed by atoms with Gasteiger partial charge in [-0.25, -0.2) is 19.8 Å². The number of nitrogens with zero attached hydrogens (tertiary/aromatic N) is 5. The molecule has 0 atom stereocenters. The van der Waals surface area contributed by atoms with Crippen LogP contribution in [-0.2, 0) is 6.18 Å². The molecule has 52 heavy (non-hydrogen) atoms. The van der Waals surface area contributed by atoms with Crippen molar-refractivity contribution in [2.75, 3.05) is 0 Å². The Morgan fingerprint density at radius 2 is 1.21 bits per heavy atom. The van der Waals surface area contributed by atoms with Crippen molar-refractivity contribution in [1.29, 1.82) is 5.26 Å². The fourth-order valence-electron chi connectivity index (χ4n) is 6.79. The molecule has 5 nitrogen and oxygen atoms in total. The summed E-state index contributed by atoms with van der Waals surface area (Å²) in [5.74, 6) is 0. The van der Waals surface area contributed by atoms with E-state index in [-0.39, 0.29) is 0 Å². The van der Waals surface area contributed by atoms with Gasteiger partial charge in [-0.3, -0.25) is 0 Å². The standard InChI is InChI=1S/C44H26F3N5/c1-25-20-32(23-33(21-25)44(45,46)47)28-12-14-29(15-13-28)40-38-26(2)22-37-43(39(38)35-6-4-5-7-36(35)50-40)52-42(30-10-8-27(24-48)9-11-30)41(51-37)31-16-18-34(49-3)19-17-31/h4-23H,1-2H3. The highest BCUT2D eigenvalue weighted by Crippen LogP contribution is 2.41. The minimum atomic E-state index is -4.44. The summed E-state index contributed by atoms with van der Waals surface area (Å²) in [6, 6.07) is 38.1. The van der Waals surface area contributed by atoms with Gasteiger partial charge in [0.1, 0.15) is 0 Å². The lowest BCUT2D eigenvalue weighted by Gasteiger charge is -2.17. The van der Waals surface area contributed by atoms with Crippen LogP contribution in [0.3, 0.4) is 0 Å². The van der Waals surface area contributed by atoms with E-state index in [1.807, 2.05) is 85.8 Å². The maximum Gasteiger partial charge on any atom is 0.416 e. The Morgan fingerprint density at radius 1 is 0.615 bits per heavy atom. The number of rotatable bonds is 4. The Kier molecular flexibility index (Phi) is 7.74. The Labute approximate surface area is 297 Å². The van der Waals surface area contributed by atoms with Crippen molar-refractivity contribution in [2.45, 2.75) is 20.0 Å². The average Bonchev–Trinajstić information content (AvgIpc) is 3.16. The van der Waals surface area contributed by atoms with E-state index >= 15 is 0 Å². The van der Waals surface area contributed by atoms with E-state index in [0.717, 1.165) is 55.7 Å². The number of halogens is 3. The molecule has 0 N–H and O–H groups in total. The summed E-state index contributed by atoms with van der Waals surface area (Å²) in [7, 11) is 0. The normalized spacial score (nSPS) is 11.5. The van der Waals surface area contributed by atoms with Gasteiger partial charge in [0.15, 0.2) is 5.69 Å². The minimum absolute atomic E-state index is 0.488. The van der Waals surface area contributed by atoms with Crippen LogP contribution in [0.4, 0.5) is 18.9 Å². The van der Waals surface area contributed by atoms with Gasteiger partial charge in [-0.2, -0.15) is 18.4 Å². The second-order valence-corrected chi connectivity index (χ2v) is 12.7.